The normalized spacial score (nSPS) is 20.9. The molecule has 0 spiro atoms. The molecule has 0 amide bonds. The first-order valence-electron chi connectivity index (χ1n) is 6.20. The molecule has 0 aliphatic heterocycles. The van der Waals surface area contributed by atoms with E-state index in [-0.39, 0.29) is 5.54 Å². The Morgan fingerprint density at radius 1 is 1.44 bits per heavy atom. The smallest absolute Gasteiger partial charge is 0.143 e. The maximum Gasteiger partial charge on any atom is 0.143 e. The van der Waals surface area contributed by atoms with E-state index in [2.05, 4.69) is 38.2 Å². The molecule has 1 atom stereocenters. The molecule has 1 aliphatic rings. The predicted molar refractivity (Wildman–Crippen MR) is 64.4 cm³/mol. The average molecular weight is 222 g/mol. The molecule has 0 saturated carbocycles. The van der Waals surface area contributed by atoms with Gasteiger partial charge in [0.15, 0.2) is 0 Å². The molecule has 90 valence electrons. The molecular weight excluding hydrogens is 200 g/mol. The van der Waals surface area contributed by atoms with Crippen LogP contribution >= 0.6 is 0 Å². The fourth-order valence-electron chi connectivity index (χ4n) is 2.22. The van der Waals surface area contributed by atoms with E-state index in [1.54, 1.807) is 0 Å². The van der Waals surface area contributed by atoms with E-state index in [1.807, 2.05) is 0 Å². The summed E-state index contributed by atoms with van der Waals surface area (Å²) in [5, 5.41) is 7.68. The van der Waals surface area contributed by atoms with Crippen LogP contribution in [0.3, 0.4) is 0 Å². The van der Waals surface area contributed by atoms with E-state index >= 15 is 0 Å². The number of nitrogens with zero attached hydrogens (tertiary/aromatic N) is 1. The van der Waals surface area contributed by atoms with Crippen molar-refractivity contribution in [2.75, 3.05) is 0 Å². The number of aromatic nitrogens is 1. The first-order valence-corrected chi connectivity index (χ1v) is 6.20. The Labute approximate surface area is 97.6 Å². The maximum atomic E-state index is 5.47. The highest BCUT2D eigenvalue weighted by Crippen LogP contribution is 2.33. The molecule has 2 rings (SSSR count). The minimum atomic E-state index is 0.131. The molecule has 0 aromatic carbocycles. The Bertz CT molecular complexity index is 362. The SMILES string of the molecule is CC1CCCc2c(CNC(C)(C)C)noc21. The van der Waals surface area contributed by atoms with Crippen molar-refractivity contribution in [2.24, 2.45) is 0 Å². The van der Waals surface area contributed by atoms with Gasteiger partial charge in [-0.1, -0.05) is 12.1 Å². The highest BCUT2D eigenvalue weighted by atomic mass is 16.5. The lowest BCUT2D eigenvalue weighted by molar-refractivity contribution is 0.341. The van der Waals surface area contributed by atoms with E-state index in [1.165, 1.54) is 18.4 Å². The van der Waals surface area contributed by atoms with Gasteiger partial charge >= 0.3 is 0 Å². The molecule has 1 heterocycles. The molecule has 0 radical (unpaired) electrons. The lowest BCUT2D eigenvalue weighted by Gasteiger charge is -2.21. The Balaban J connectivity index is 2.11. The Morgan fingerprint density at radius 3 is 2.88 bits per heavy atom. The second kappa shape index (κ2) is 4.21. The van der Waals surface area contributed by atoms with E-state index in [9.17, 15) is 0 Å². The van der Waals surface area contributed by atoms with Crippen molar-refractivity contribution < 1.29 is 4.52 Å². The van der Waals surface area contributed by atoms with Crippen LogP contribution in [0.1, 0.15) is 63.5 Å². The zero-order chi connectivity index (χ0) is 11.8. The van der Waals surface area contributed by atoms with E-state index in [0.717, 1.165) is 24.4 Å². The maximum absolute atomic E-state index is 5.47. The van der Waals surface area contributed by atoms with Gasteiger partial charge in [-0.3, -0.25) is 0 Å². The van der Waals surface area contributed by atoms with Gasteiger partial charge in [-0.05, 0) is 40.0 Å². The van der Waals surface area contributed by atoms with Crippen LogP contribution in [0.4, 0.5) is 0 Å². The average Bonchev–Trinajstić information content (AvgIpc) is 2.58. The molecule has 1 unspecified atom stereocenters. The summed E-state index contributed by atoms with van der Waals surface area (Å²) in [6.45, 7) is 9.55. The summed E-state index contributed by atoms with van der Waals surface area (Å²) in [7, 11) is 0. The van der Waals surface area contributed by atoms with Crippen molar-refractivity contribution in [3.8, 4) is 0 Å². The molecule has 1 aromatic rings. The van der Waals surface area contributed by atoms with Crippen LogP contribution in [0.15, 0.2) is 4.52 Å². The Kier molecular flexibility index (Phi) is 3.06. The first kappa shape index (κ1) is 11.6. The molecule has 0 saturated heterocycles. The molecular formula is C13H22N2O. The molecule has 1 aromatic heterocycles. The summed E-state index contributed by atoms with van der Waals surface area (Å²) < 4.78 is 5.47. The zero-order valence-electron chi connectivity index (χ0n) is 10.8. The molecule has 3 heteroatoms. The number of nitrogens with one attached hydrogen (secondary N) is 1. The van der Waals surface area contributed by atoms with E-state index in [4.69, 9.17) is 4.52 Å². The van der Waals surface area contributed by atoms with Crippen molar-refractivity contribution in [1.82, 2.24) is 10.5 Å². The lowest BCUT2D eigenvalue weighted by Crippen LogP contribution is -2.35. The Hall–Kier alpha value is -0.830. The van der Waals surface area contributed by atoms with Crippen molar-refractivity contribution in [3.63, 3.8) is 0 Å². The standard InChI is InChI=1S/C13H22N2O/c1-9-6-5-7-10-11(15-16-12(9)10)8-14-13(2,3)4/h9,14H,5-8H2,1-4H3. The summed E-state index contributed by atoms with van der Waals surface area (Å²) in [6.07, 6.45) is 3.62. The fourth-order valence-corrected chi connectivity index (χ4v) is 2.22. The molecule has 16 heavy (non-hydrogen) atoms. The molecule has 3 nitrogen and oxygen atoms in total. The summed E-state index contributed by atoms with van der Waals surface area (Å²) in [5.41, 5.74) is 2.60. The second-order valence-electron chi connectivity index (χ2n) is 5.87. The minimum Gasteiger partial charge on any atom is -0.361 e. The zero-order valence-corrected chi connectivity index (χ0v) is 10.8. The molecule has 1 N–H and O–H groups in total. The molecule has 0 bridgehead atoms. The fraction of sp³-hybridized carbons (Fsp3) is 0.769. The summed E-state index contributed by atoms with van der Waals surface area (Å²) >= 11 is 0. The quantitative estimate of drug-likeness (QED) is 0.836. The van der Waals surface area contributed by atoms with Gasteiger partial charge in [-0.25, -0.2) is 0 Å². The van der Waals surface area contributed by atoms with Crippen LogP contribution < -0.4 is 5.32 Å². The largest absolute Gasteiger partial charge is 0.361 e. The van der Waals surface area contributed by atoms with Crippen LogP contribution in [0.25, 0.3) is 0 Å². The van der Waals surface area contributed by atoms with Crippen LogP contribution in [-0.2, 0) is 13.0 Å². The topological polar surface area (TPSA) is 38.1 Å². The summed E-state index contributed by atoms with van der Waals surface area (Å²) in [4.78, 5) is 0. The van der Waals surface area contributed by atoms with Gasteiger partial charge in [0.2, 0.25) is 0 Å². The third-order valence-corrected chi connectivity index (χ3v) is 3.20. The van der Waals surface area contributed by atoms with Crippen molar-refractivity contribution in [1.29, 1.82) is 0 Å². The summed E-state index contributed by atoms with van der Waals surface area (Å²) in [5.74, 6) is 1.66. The number of fused-ring (bicyclic) bond motifs is 1. The van der Waals surface area contributed by atoms with Crippen LogP contribution in [0, 0.1) is 0 Å². The van der Waals surface area contributed by atoms with Gasteiger partial charge in [0.25, 0.3) is 0 Å². The third-order valence-electron chi connectivity index (χ3n) is 3.20. The van der Waals surface area contributed by atoms with Crippen LogP contribution in [0.2, 0.25) is 0 Å². The van der Waals surface area contributed by atoms with Crippen LogP contribution in [-0.4, -0.2) is 10.7 Å². The van der Waals surface area contributed by atoms with Gasteiger partial charge in [-0.2, -0.15) is 0 Å². The lowest BCUT2D eigenvalue weighted by atomic mass is 9.88. The van der Waals surface area contributed by atoms with Crippen molar-refractivity contribution in [2.45, 2.75) is 65.0 Å². The Morgan fingerprint density at radius 2 is 2.19 bits per heavy atom. The second-order valence-corrected chi connectivity index (χ2v) is 5.87. The highest BCUT2D eigenvalue weighted by molar-refractivity contribution is 5.27. The molecule has 0 fully saturated rings. The minimum absolute atomic E-state index is 0.131. The van der Waals surface area contributed by atoms with Crippen molar-refractivity contribution >= 4 is 0 Å². The van der Waals surface area contributed by atoms with Crippen LogP contribution in [0.5, 0.6) is 0 Å². The van der Waals surface area contributed by atoms with Gasteiger partial charge in [0.05, 0.1) is 0 Å². The van der Waals surface area contributed by atoms with Gasteiger partial charge in [-0.15, -0.1) is 0 Å². The first-order chi connectivity index (χ1) is 7.47. The summed E-state index contributed by atoms with van der Waals surface area (Å²) in [6, 6.07) is 0. The van der Waals surface area contributed by atoms with Crippen molar-refractivity contribution in [3.05, 3.63) is 17.0 Å². The molecule has 1 aliphatic carbocycles. The highest BCUT2D eigenvalue weighted by Gasteiger charge is 2.25. The van der Waals surface area contributed by atoms with Gasteiger partial charge in [0.1, 0.15) is 11.5 Å². The predicted octanol–water partition coefficient (Wildman–Crippen LogP) is 3.00. The van der Waals surface area contributed by atoms with E-state index < -0.39 is 0 Å². The third kappa shape index (κ3) is 2.46. The monoisotopic (exact) mass is 222 g/mol. The van der Waals surface area contributed by atoms with Gasteiger partial charge in [0, 0.05) is 23.6 Å². The number of hydrogen-bond donors (Lipinski definition) is 1. The number of hydrogen-bond acceptors (Lipinski definition) is 3. The number of rotatable bonds is 2. The van der Waals surface area contributed by atoms with Gasteiger partial charge < -0.3 is 9.84 Å². The van der Waals surface area contributed by atoms with E-state index in [0.29, 0.717) is 5.92 Å².